The molecule has 0 unspecified atom stereocenters. The molecule has 4 fully saturated rings. The van der Waals surface area contributed by atoms with Crippen molar-refractivity contribution in [3.05, 3.63) is 12.7 Å². The third kappa shape index (κ3) is 7.41. The minimum Gasteiger partial charge on any atom is -0.466 e. The molecule has 4 rings (SSSR count). The summed E-state index contributed by atoms with van der Waals surface area (Å²) in [6.45, 7) is 19.3. The van der Waals surface area contributed by atoms with Gasteiger partial charge in [0.25, 0.3) is 0 Å². The average Bonchev–Trinajstić information content (AvgIpc) is 3.31. The molecule has 0 aromatic heterocycles. The van der Waals surface area contributed by atoms with Crippen molar-refractivity contribution in [1.82, 2.24) is 10.6 Å². The Hall–Kier alpha value is -2.25. The Morgan fingerprint density at radius 2 is 1.73 bits per heavy atom. The van der Waals surface area contributed by atoms with E-state index in [0.717, 1.165) is 44.9 Å². The number of carbonyl (C=O) groups excluding carboxylic acids is 3. The highest BCUT2D eigenvalue weighted by atomic mass is 16.6. The van der Waals surface area contributed by atoms with Crippen LogP contribution >= 0.6 is 0 Å². The Morgan fingerprint density at radius 3 is 2.41 bits per heavy atom. The quantitative estimate of drug-likeness (QED) is 0.148. The first-order valence-corrected chi connectivity index (χ1v) is 17.4. The van der Waals surface area contributed by atoms with Crippen LogP contribution in [0.5, 0.6) is 0 Å². The fourth-order valence-electron chi connectivity index (χ4n) is 10.2. The molecule has 4 aliphatic carbocycles. The van der Waals surface area contributed by atoms with Gasteiger partial charge in [-0.15, -0.1) is 0 Å². The summed E-state index contributed by atoms with van der Waals surface area (Å²) in [5.41, 5.74) is -0.474. The van der Waals surface area contributed by atoms with E-state index in [-0.39, 0.29) is 47.7 Å². The van der Waals surface area contributed by atoms with Crippen molar-refractivity contribution in [2.45, 2.75) is 137 Å². The summed E-state index contributed by atoms with van der Waals surface area (Å²) in [6.07, 6.45) is 11.6. The zero-order chi connectivity index (χ0) is 32.3. The summed E-state index contributed by atoms with van der Waals surface area (Å²) >= 11 is 0. The second-order valence-corrected chi connectivity index (χ2v) is 15.9. The molecule has 250 valence electrons. The summed E-state index contributed by atoms with van der Waals surface area (Å²) in [4.78, 5) is 38.0. The Kier molecular flexibility index (Phi) is 11.0. The standard InChI is InChI=1S/C36H60N2O6/c1-9-19-42-31(39)16-11-23(3)27-14-15-28-26-13-12-24-21-25(37-32(40)43-20-10-2)17-18-35(24,7)29(26)22-30(36(27,28)8)38-33(41)44-34(4,5)6/h10,23-30H,2,9,11-22H2,1,3-8H3,(H,37,40)(H,38,41)/t23-,24-,25-,26+,27-,28+,29+,30+,35+,36-/m1/s1. The third-order valence-corrected chi connectivity index (χ3v) is 12.2. The molecular weight excluding hydrogens is 556 g/mol. The van der Waals surface area contributed by atoms with Gasteiger partial charge in [-0.05, 0) is 131 Å². The van der Waals surface area contributed by atoms with Crippen LogP contribution in [0.3, 0.4) is 0 Å². The molecule has 4 aliphatic rings. The van der Waals surface area contributed by atoms with Gasteiger partial charge in [0.2, 0.25) is 0 Å². The topological polar surface area (TPSA) is 103 Å². The van der Waals surface area contributed by atoms with E-state index in [2.05, 4.69) is 38.0 Å². The first-order chi connectivity index (χ1) is 20.7. The minimum atomic E-state index is -0.567. The van der Waals surface area contributed by atoms with Crippen LogP contribution in [0.25, 0.3) is 0 Å². The molecule has 10 atom stereocenters. The molecule has 0 bridgehead atoms. The van der Waals surface area contributed by atoms with Crippen molar-refractivity contribution >= 4 is 18.2 Å². The molecular formula is C36H60N2O6. The van der Waals surface area contributed by atoms with Crippen LogP contribution < -0.4 is 10.6 Å². The highest BCUT2D eigenvalue weighted by Gasteiger charge is 2.64. The molecule has 8 heteroatoms. The number of amides is 2. The van der Waals surface area contributed by atoms with Crippen LogP contribution in [0, 0.1) is 46.3 Å². The van der Waals surface area contributed by atoms with Gasteiger partial charge in [-0.3, -0.25) is 4.79 Å². The molecule has 44 heavy (non-hydrogen) atoms. The average molecular weight is 617 g/mol. The first kappa shape index (κ1) is 34.6. The van der Waals surface area contributed by atoms with E-state index in [1.807, 2.05) is 27.7 Å². The highest BCUT2D eigenvalue weighted by molar-refractivity contribution is 5.69. The highest BCUT2D eigenvalue weighted by Crippen LogP contribution is 2.68. The molecule has 0 saturated heterocycles. The van der Waals surface area contributed by atoms with Crippen molar-refractivity contribution in [2.24, 2.45) is 46.3 Å². The summed E-state index contributed by atoms with van der Waals surface area (Å²) in [5.74, 6) is 2.84. The van der Waals surface area contributed by atoms with Crippen molar-refractivity contribution < 1.29 is 28.6 Å². The van der Waals surface area contributed by atoms with E-state index in [4.69, 9.17) is 14.2 Å². The number of nitrogens with one attached hydrogen (secondary N) is 2. The van der Waals surface area contributed by atoms with Gasteiger partial charge in [-0.1, -0.05) is 40.3 Å². The number of fused-ring (bicyclic) bond motifs is 5. The van der Waals surface area contributed by atoms with E-state index < -0.39 is 5.60 Å². The Morgan fingerprint density at radius 1 is 0.977 bits per heavy atom. The lowest BCUT2D eigenvalue weighted by molar-refractivity contribution is -0.144. The normalized spacial score (nSPS) is 36.9. The second-order valence-electron chi connectivity index (χ2n) is 15.9. The van der Waals surface area contributed by atoms with Crippen molar-refractivity contribution in [3.8, 4) is 0 Å². The van der Waals surface area contributed by atoms with Crippen LogP contribution in [-0.4, -0.2) is 49.1 Å². The largest absolute Gasteiger partial charge is 0.466 e. The zero-order valence-corrected chi connectivity index (χ0v) is 28.5. The second kappa shape index (κ2) is 14.0. The van der Waals surface area contributed by atoms with Crippen LogP contribution in [0.15, 0.2) is 12.7 Å². The number of hydrogen-bond donors (Lipinski definition) is 2. The van der Waals surface area contributed by atoms with Gasteiger partial charge in [-0.2, -0.15) is 0 Å². The molecule has 4 saturated carbocycles. The van der Waals surface area contributed by atoms with Crippen LogP contribution in [0.2, 0.25) is 0 Å². The van der Waals surface area contributed by atoms with Crippen LogP contribution in [0.1, 0.15) is 119 Å². The molecule has 0 aromatic rings. The van der Waals surface area contributed by atoms with Gasteiger partial charge in [-0.25, -0.2) is 9.59 Å². The lowest BCUT2D eigenvalue weighted by Gasteiger charge is -2.63. The van der Waals surface area contributed by atoms with Crippen LogP contribution in [0.4, 0.5) is 9.59 Å². The molecule has 0 radical (unpaired) electrons. The van der Waals surface area contributed by atoms with Crippen molar-refractivity contribution in [1.29, 1.82) is 0 Å². The van der Waals surface area contributed by atoms with E-state index in [0.29, 0.717) is 48.5 Å². The maximum Gasteiger partial charge on any atom is 0.407 e. The molecule has 2 N–H and O–H groups in total. The van der Waals surface area contributed by atoms with Crippen molar-refractivity contribution in [3.63, 3.8) is 0 Å². The predicted octanol–water partition coefficient (Wildman–Crippen LogP) is 7.80. The molecule has 0 spiro atoms. The third-order valence-electron chi connectivity index (χ3n) is 12.2. The van der Waals surface area contributed by atoms with E-state index in [1.165, 1.54) is 19.3 Å². The summed E-state index contributed by atoms with van der Waals surface area (Å²) in [6, 6.07) is 0.137. The molecule has 0 aromatic carbocycles. The fraction of sp³-hybridized carbons (Fsp3) is 0.861. The molecule has 0 aliphatic heterocycles. The van der Waals surface area contributed by atoms with E-state index >= 15 is 0 Å². The predicted molar refractivity (Wildman–Crippen MR) is 172 cm³/mol. The van der Waals surface area contributed by atoms with Gasteiger partial charge >= 0.3 is 18.2 Å². The summed E-state index contributed by atoms with van der Waals surface area (Å²) < 4.78 is 16.4. The Balaban J connectivity index is 1.54. The lowest BCUT2D eigenvalue weighted by Crippen LogP contribution is -2.63. The number of hydrogen-bond acceptors (Lipinski definition) is 6. The van der Waals surface area contributed by atoms with Gasteiger partial charge in [0.1, 0.15) is 12.2 Å². The SMILES string of the molecule is C=CCOC(=O)N[C@@H]1CC[C@@]2(C)[C@H](CC[C@@H]3[C@@H]2C[C@H](NC(=O)OC(C)(C)C)[C@]2(C)[C@@H]([C@H](C)CCC(=O)OCCC)CC[C@@H]32)C1. The van der Waals surface area contributed by atoms with Gasteiger partial charge in [0, 0.05) is 18.5 Å². The maximum absolute atomic E-state index is 13.3. The number of carbonyl (C=O) groups is 3. The maximum atomic E-state index is 13.3. The fourth-order valence-corrected chi connectivity index (χ4v) is 10.2. The molecule has 2 amide bonds. The Labute approximate surface area is 266 Å². The van der Waals surface area contributed by atoms with Gasteiger partial charge in [0.15, 0.2) is 0 Å². The van der Waals surface area contributed by atoms with Gasteiger partial charge < -0.3 is 24.8 Å². The number of alkyl carbamates (subject to hydrolysis) is 2. The summed E-state index contributed by atoms with van der Waals surface area (Å²) in [7, 11) is 0. The monoisotopic (exact) mass is 616 g/mol. The Bertz CT molecular complexity index is 1040. The van der Waals surface area contributed by atoms with Gasteiger partial charge in [0.05, 0.1) is 6.61 Å². The van der Waals surface area contributed by atoms with E-state index in [1.54, 1.807) is 6.08 Å². The number of rotatable bonds is 10. The molecule has 8 nitrogen and oxygen atoms in total. The van der Waals surface area contributed by atoms with Crippen LogP contribution in [-0.2, 0) is 19.0 Å². The molecule has 0 heterocycles. The smallest absolute Gasteiger partial charge is 0.407 e. The minimum absolute atomic E-state index is 0.00546. The first-order valence-electron chi connectivity index (χ1n) is 17.4. The number of esters is 1. The summed E-state index contributed by atoms with van der Waals surface area (Å²) in [5, 5.41) is 6.54. The van der Waals surface area contributed by atoms with Crippen molar-refractivity contribution in [2.75, 3.05) is 13.2 Å². The zero-order valence-electron chi connectivity index (χ0n) is 28.5. The lowest BCUT2D eigenvalue weighted by atomic mass is 9.43. The number of ether oxygens (including phenoxy) is 3. The van der Waals surface area contributed by atoms with E-state index in [9.17, 15) is 14.4 Å².